The number of rotatable bonds is 3. The smallest absolute Gasteiger partial charge is 0.267 e. The molecule has 1 aliphatic rings. The first-order valence-corrected chi connectivity index (χ1v) is 8.65. The van der Waals surface area contributed by atoms with Crippen molar-refractivity contribution >= 4 is 28.6 Å². The fourth-order valence-electron chi connectivity index (χ4n) is 2.79. The van der Waals surface area contributed by atoms with Gasteiger partial charge in [-0.25, -0.2) is 4.98 Å². The van der Waals surface area contributed by atoms with Gasteiger partial charge in [0.2, 0.25) is 0 Å². The van der Waals surface area contributed by atoms with E-state index < -0.39 is 0 Å². The Morgan fingerprint density at radius 1 is 1.46 bits per heavy atom. The molecule has 0 aliphatic carbocycles. The zero-order valence-electron chi connectivity index (χ0n) is 13.3. The minimum absolute atomic E-state index is 0.215. The SMILES string of the molecule is Cc1ncsc1C(=O)Nc1ccc(N2CCC(O)CC2)c(C#N)c1. The summed E-state index contributed by atoms with van der Waals surface area (Å²) in [6.45, 7) is 3.24. The van der Waals surface area contributed by atoms with Gasteiger partial charge in [-0.3, -0.25) is 4.79 Å². The summed E-state index contributed by atoms with van der Waals surface area (Å²) in [5.74, 6) is -0.215. The fraction of sp³-hybridized carbons (Fsp3) is 0.353. The van der Waals surface area contributed by atoms with Crippen molar-refractivity contribution < 1.29 is 9.90 Å². The minimum atomic E-state index is -0.256. The van der Waals surface area contributed by atoms with Crippen LogP contribution in [0.4, 0.5) is 11.4 Å². The Bertz CT molecular complexity index is 788. The first-order chi connectivity index (χ1) is 11.6. The summed E-state index contributed by atoms with van der Waals surface area (Å²) >= 11 is 1.29. The molecule has 1 aromatic heterocycles. The normalized spacial score (nSPS) is 15.1. The van der Waals surface area contributed by atoms with E-state index in [0.717, 1.165) is 18.8 Å². The van der Waals surface area contributed by atoms with Crippen molar-refractivity contribution in [2.24, 2.45) is 0 Å². The lowest BCUT2D eigenvalue weighted by atomic mass is 10.0. The third kappa shape index (κ3) is 3.40. The number of carbonyl (C=O) groups is 1. The highest BCUT2D eigenvalue weighted by molar-refractivity contribution is 7.12. The van der Waals surface area contributed by atoms with Gasteiger partial charge in [0.05, 0.1) is 28.6 Å². The maximum absolute atomic E-state index is 12.3. The van der Waals surface area contributed by atoms with Gasteiger partial charge in [-0.1, -0.05) is 0 Å². The number of amides is 1. The maximum atomic E-state index is 12.3. The zero-order chi connectivity index (χ0) is 17.1. The van der Waals surface area contributed by atoms with Crippen molar-refractivity contribution in [3.63, 3.8) is 0 Å². The number of thiazole rings is 1. The van der Waals surface area contributed by atoms with Gasteiger partial charge in [-0.15, -0.1) is 11.3 Å². The number of piperidine rings is 1. The van der Waals surface area contributed by atoms with Gasteiger partial charge in [0.25, 0.3) is 5.91 Å². The number of aliphatic hydroxyl groups is 1. The Morgan fingerprint density at radius 3 is 2.83 bits per heavy atom. The van der Waals surface area contributed by atoms with Crippen LogP contribution in [0.15, 0.2) is 23.7 Å². The van der Waals surface area contributed by atoms with Crippen LogP contribution in [0.25, 0.3) is 0 Å². The van der Waals surface area contributed by atoms with E-state index in [1.807, 2.05) is 6.07 Å². The summed E-state index contributed by atoms with van der Waals surface area (Å²) in [5.41, 5.74) is 4.28. The summed E-state index contributed by atoms with van der Waals surface area (Å²) in [4.78, 5) is 19.0. The van der Waals surface area contributed by atoms with Crippen LogP contribution >= 0.6 is 11.3 Å². The molecule has 2 aromatic rings. The Labute approximate surface area is 144 Å². The molecule has 0 unspecified atom stereocenters. The van der Waals surface area contributed by atoms with E-state index in [1.54, 1.807) is 24.6 Å². The summed E-state index contributed by atoms with van der Waals surface area (Å²) in [7, 11) is 0. The number of nitrogens with one attached hydrogen (secondary N) is 1. The highest BCUT2D eigenvalue weighted by atomic mass is 32.1. The van der Waals surface area contributed by atoms with Crippen molar-refractivity contribution in [2.75, 3.05) is 23.3 Å². The summed E-state index contributed by atoms with van der Waals surface area (Å²) in [5, 5.41) is 21.9. The molecule has 1 fully saturated rings. The monoisotopic (exact) mass is 342 g/mol. The van der Waals surface area contributed by atoms with Gasteiger partial charge < -0.3 is 15.3 Å². The standard InChI is InChI=1S/C17H18N4O2S/c1-11-16(24-10-19-11)17(23)20-13-2-3-15(12(8-13)9-18)21-6-4-14(22)5-7-21/h2-3,8,10,14,22H,4-7H2,1H3,(H,20,23). The van der Waals surface area contributed by atoms with E-state index in [4.69, 9.17) is 0 Å². The van der Waals surface area contributed by atoms with Crippen LogP contribution in [-0.2, 0) is 0 Å². The highest BCUT2D eigenvalue weighted by Crippen LogP contribution is 2.27. The zero-order valence-corrected chi connectivity index (χ0v) is 14.1. The van der Waals surface area contributed by atoms with Crippen molar-refractivity contribution in [1.29, 1.82) is 5.26 Å². The molecule has 24 heavy (non-hydrogen) atoms. The number of hydrogen-bond acceptors (Lipinski definition) is 6. The molecule has 1 saturated heterocycles. The molecule has 1 aliphatic heterocycles. The van der Waals surface area contributed by atoms with Crippen molar-refractivity contribution in [3.05, 3.63) is 39.8 Å². The summed E-state index contributed by atoms with van der Waals surface area (Å²) in [6.07, 6.45) is 1.15. The van der Waals surface area contributed by atoms with Gasteiger partial charge in [0, 0.05) is 18.8 Å². The average Bonchev–Trinajstić information content (AvgIpc) is 3.02. The van der Waals surface area contributed by atoms with Crippen LogP contribution in [-0.4, -0.2) is 35.2 Å². The molecule has 6 nitrogen and oxygen atoms in total. The Balaban J connectivity index is 1.78. The Morgan fingerprint density at radius 2 is 2.21 bits per heavy atom. The lowest BCUT2D eigenvalue weighted by Gasteiger charge is -2.32. The minimum Gasteiger partial charge on any atom is -0.393 e. The number of nitrogens with zero attached hydrogens (tertiary/aromatic N) is 3. The summed E-state index contributed by atoms with van der Waals surface area (Å²) in [6, 6.07) is 7.54. The second kappa shape index (κ2) is 6.99. The molecule has 2 heterocycles. The Kier molecular flexibility index (Phi) is 4.79. The van der Waals surface area contributed by atoms with E-state index in [9.17, 15) is 15.2 Å². The number of aryl methyl sites for hydroxylation is 1. The molecule has 124 valence electrons. The van der Waals surface area contributed by atoms with Gasteiger partial charge in [-0.05, 0) is 38.0 Å². The summed E-state index contributed by atoms with van der Waals surface area (Å²) < 4.78 is 0. The molecular weight excluding hydrogens is 324 g/mol. The highest BCUT2D eigenvalue weighted by Gasteiger charge is 2.20. The number of aromatic nitrogens is 1. The van der Waals surface area contributed by atoms with Crippen molar-refractivity contribution in [2.45, 2.75) is 25.9 Å². The molecule has 1 amide bonds. The number of anilines is 2. The molecule has 3 rings (SSSR count). The predicted molar refractivity (Wildman–Crippen MR) is 93.4 cm³/mol. The maximum Gasteiger partial charge on any atom is 0.267 e. The van der Waals surface area contributed by atoms with E-state index in [1.165, 1.54) is 11.3 Å². The molecule has 0 radical (unpaired) electrons. The van der Waals surface area contributed by atoms with E-state index in [2.05, 4.69) is 21.3 Å². The number of hydrogen-bond donors (Lipinski definition) is 2. The van der Waals surface area contributed by atoms with E-state index in [0.29, 0.717) is 34.7 Å². The largest absolute Gasteiger partial charge is 0.393 e. The molecule has 7 heteroatoms. The van der Waals surface area contributed by atoms with Gasteiger partial charge in [0.1, 0.15) is 10.9 Å². The predicted octanol–water partition coefficient (Wildman–Crippen LogP) is 2.54. The van der Waals surface area contributed by atoms with Crippen LogP contribution in [0, 0.1) is 18.3 Å². The fourth-order valence-corrected chi connectivity index (χ4v) is 3.49. The lowest BCUT2D eigenvalue weighted by molar-refractivity contribution is 0.102. The van der Waals surface area contributed by atoms with Gasteiger partial charge >= 0.3 is 0 Å². The third-order valence-corrected chi connectivity index (χ3v) is 5.06. The number of benzene rings is 1. The lowest BCUT2D eigenvalue weighted by Crippen LogP contribution is -2.36. The molecular formula is C17H18N4O2S. The molecule has 0 bridgehead atoms. The average molecular weight is 342 g/mol. The van der Waals surface area contributed by atoms with E-state index in [-0.39, 0.29) is 12.0 Å². The quantitative estimate of drug-likeness (QED) is 0.895. The van der Waals surface area contributed by atoms with Crippen molar-refractivity contribution in [3.8, 4) is 6.07 Å². The second-order valence-electron chi connectivity index (χ2n) is 5.78. The van der Waals surface area contributed by atoms with Crippen LogP contribution in [0.1, 0.15) is 33.8 Å². The number of nitriles is 1. The van der Waals surface area contributed by atoms with Crippen molar-refractivity contribution in [1.82, 2.24) is 4.98 Å². The van der Waals surface area contributed by atoms with Crippen LogP contribution < -0.4 is 10.2 Å². The van der Waals surface area contributed by atoms with Crippen LogP contribution in [0.5, 0.6) is 0 Å². The van der Waals surface area contributed by atoms with E-state index >= 15 is 0 Å². The number of carbonyl (C=O) groups excluding carboxylic acids is 1. The molecule has 0 saturated carbocycles. The van der Waals surface area contributed by atoms with Crippen LogP contribution in [0.2, 0.25) is 0 Å². The Hall–Kier alpha value is -2.43. The first kappa shape index (κ1) is 16.4. The first-order valence-electron chi connectivity index (χ1n) is 7.77. The molecule has 1 aromatic carbocycles. The number of aliphatic hydroxyl groups excluding tert-OH is 1. The van der Waals surface area contributed by atoms with Gasteiger partial charge in [-0.2, -0.15) is 5.26 Å². The second-order valence-corrected chi connectivity index (χ2v) is 6.64. The van der Waals surface area contributed by atoms with Crippen LogP contribution in [0.3, 0.4) is 0 Å². The van der Waals surface area contributed by atoms with Gasteiger partial charge in [0.15, 0.2) is 0 Å². The molecule has 2 N–H and O–H groups in total. The molecule has 0 atom stereocenters. The molecule has 0 spiro atoms. The topological polar surface area (TPSA) is 89.2 Å². The third-order valence-electron chi connectivity index (χ3n) is 4.13.